The Bertz CT molecular complexity index is 3750. The zero-order chi connectivity index (χ0) is 43.9. The molecule has 0 unspecified atom stereocenters. The molecule has 3 nitrogen and oxygen atoms in total. The summed E-state index contributed by atoms with van der Waals surface area (Å²) in [5.41, 5.74) is 21.5. The quantitative estimate of drug-likeness (QED) is 0.160. The highest BCUT2D eigenvalue weighted by atomic mass is 16.3. The van der Waals surface area contributed by atoms with Crippen LogP contribution < -0.4 is 4.90 Å². The van der Waals surface area contributed by atoms with E-state index in [1.807, 2.05) is 6.07 Å². The first-order chi connectivity index (χ1) is 32.5. The van der Waals surface area contributed by atoms with Gasteiger partial charge in [0.15, 0.2) is 0 Å². The molecule has 0 fully saturated rings. The molecule has 314 valence electrons. The Labute approximate surface area is 384 Å². The molecule has 11 aromatic rings. The normalized spacial score (nSPS) is 14.1. The molecule has 2 aliphatic rings. The third-order valence-electron chi connectivity index (χ3n) is 14.1. The van der Waals surface area contributed by atoms with E-state index in [1.54, 1.807) is 0 Å². The highest BCUT2D eigenvalue weighted by Crippen LogP contribution is 2.54. The zero-order valence-electron chi connectivity index (χ0n) is 36.9. The van der Waals surface area contributed by atoms with E-state index in [-0.39, 0.29) is 5.41 Å². The van der Waals surface area contributed by atoms with Crippen molar-refractivity contribution in [1.29, 1.82) is 0 Å². The average molecular weight is 848 g/mol. The number of para-hydroxylation sites is 2. The van der Waals surface area contributed by atoms with E-state index in [4.69, 9.17) is 8.83 Å². The second kappa shape index (κ2) is 15.0. The number of hydrogen-bond acceptors (Lipinski definition) is 3. The maximum Gasteiger partial charge on any atom is 0.136 e. The fourth-order valence-corrected chi connectivity index (χ4v) is 11.0. The summed E-state index contributed by atoms with van der Waals surface area (Å²) < 4.78 is 13.1. The Morgan fingerprint density at radius 3 is 1.44 bits per heavy atom. The van der Waals surface area contributed by atoms with Crippen LogP contribution in [0.25, 0.3) is 94.0 Å². The molecule has 3 heteroatoms. The largest absolute Gasteiger partial charge is 0.456 e. The lowest BCUT2D eigenvalue weighted by Gasteiger charge is -2.28. The highest BCUT2D eigenvalue weighted by Gasteiger charge is 2.39. The van der Waals surface area contributed by atoms with Gasteiger partial charge in [0, 0.05) is 55.1 Å². The lowest BCUT2D eigenvalue weighted by atomic mass is 9.80. The minimum atomic E-state index is -0.0862. The van der Waals surface area contributed by atoms with E-state index in [9.17, 15) is 0 Å². The van der Waals surface area contributed by atoms with E-state index in [2.05, 4.69) is 225 Å². The predicted molar refractivity (Wildman–Crippen MR) is 276 cm³/mol. The minimum absolute atomic E-state index is 0.0862. The molecule has 13 rings (SSSR count). The van der Waals surface area contributed by atoms with Crippen molar-refractivity contribution in [2.75, 3.05) is 4.90 Å². The summed E-state index contributed by atoms with van der Waals surface area (Å²) in [5, 5.41) is 4.42. The van der Waals surface area contributed by atoms with Crippen molar-refractivity contribution < 1.29 is 8.83 Å². The smallest absolute Gasteiger partial charge is 0.136 e. The van der Waals surface area contributed by atoms with Crippen LogP contribution in [0.2, 0.25) is 0 Å². The van der Waals surface area contributed by atoms with E-state index in [0.717, 1.165) is 107 Å². The summed E-state index contributed by atoms with van der Waals surface area (Å²) >= 11 is 0. The summed E-state index contributed by atoms with van der Waals surface area (Å²) in [6.45, 7) is 4.77. The van der Waals surface area contributed by atoms with Crippen LogP contribution in [0.15, 0.2) is 227 Å². The van der Waals surface area contributed by atoms with Gasteiger partial charge >= 0.3 is 0 Å². The monoisotopic (exact) mass is 847 g/mol. The van der Waals surface area contributed by atoms with Gasteiger partial charge in [-0.2, -0.15) is 0 Å². The third kappa shape index (κ3) is 5.97. The Hall–Kier alpha value is -8.14. The zero-order valence-corrected chi connectivity index (χ0v) is 36.9. The van der Waals surface area contributed by atoms with Gasteiger partial charge in [-0.15, -0.1) is 0 Å². The van der Waals surface area contributed by atoms with Gasteiger partial charge in [0.2, 0.25) is 0 Å². The van der Waals surface area contributed by atoms with Crippen molar-refractivity contribution in [2.24, 2.45) is 0 Å². The van der Waals surface area contributed by atoms with Crippen LogP contribution in [0.3, 0.4) is 0 Å². The lowest BCUT2D eigenvalue weighted by Crippen LogP contribution is -2.17. The number of allylic oxidation sites excluding steroid dienone is 4. The van der Waals surface area contributed by atoms with Crippen LogP contribution in [0.1, 0.15) is 37.8 Å². The molecule has 2 aliphatic carbocycles. The number of hydrogen-bond donors (Lipinski definition) is 0. The molecule has 0 aliphatic heterocycles. The van der Waals surface area contributed by atoms with Crippen molar-refractivity contribution in [1.82, 2.24) is 0 Å². The molecule has 66 heavy (non-hydrogen) atoms. The molecule has 0 amide bonds. The van der Waals surface area contributed by atoms with E-state index in [0.29, 0.717) is 0 Å². The molecular formula is C63H45NO2. The number of furan rings is 2. The van der Waals surface area contributed by atoms with Crippen LogP contribution >= 0.6 is 0 Å². The summed E-state index contributed by atoms with van der Waals surface area (Å²) in [5.74, 6) is 0. The van der Waals surface area contributed by atoms with Gasteiger partial charge in [-0.1, -0.05) is 153 Å². The Morgan fingerprint density at radius 1 is 0.394 bits per heavy atom. The van der Waals surface area contributed by atoms with E-state index < -0.39 is 0 Å². The number of benzene rings is 9. The molecule has 0 saturated carbocycles. The first-order valence-electron chi connectivity index (χ1n) is 23.1. The minimum Gasteiger partial charge on any atom is -0.456 e. The second-order valence-corrected chi connectivity index (χ2v) is 18.2. The fraction of sp³-hybridized carbons (Fsp3) is 0.0794. The van der Waals surface area contributed by atoms with E-state index in [1.165, 1.54) is 33.4 Å². The summed E-state index contributed by atoms with van der Waals surface area (Å²) in [6, 6.07) is 72.2. The summed E-state index contributed by atoms with van der Waals surface area (Å²) in [6.07, 6.45) is 7.10. The molecule has 0 spiro atoms. The molecule has 0 N–H and O–H groups in total. The van der Waals surface area contributed by atoms with Gasteiger partial charge < -0.3 is 13.7 Å². The summed E-state index contributed by atoms with van der Waals surface area (Å²) in [4.78, 5) is 2.42. The molecule has 2 aromatic heterocycles. The topological polar surface area (TPSA) is 29.5 Å². The molecule has 2 heterocycles. The Morgan fingerprint density at radius 2 is 0.848 bits per heavy atom. The predicted octanol–water partition coefficient (Wildman–Crippen LogP) is 18.0. The molecule has 0 atom stereocenters. The SMILES string of the molecule is CC1(C)C2=CCCC=C2c2ccc(N(c3ccc(-c4ccccc4)cc3)c3ccc(-c4c(-c5ccc6oc7ccccc7c6c5-c5ccccc5)ccc5oc6ccccc6c45)cc3)cc21. The second-order valence-electron chi connectivity index (χ2n) is 18.2. The number of rotatable bonds is 7. The first-order valence-corrected chi connectivity index (χ1v) is 23.1. The standard InChI is InChI=1S/C63H45NO2/c1-63(2)53-22-12-9-19-47(53)48-34-33-46(39-54(48)63)64(44-29-25-41(26-30-44)40-15-5-3-6-16-40)45-31-27-43(28-32-45)60-50(36-38-58-62(60)52-21-11-14-24-56(52)66-58)49-35-37-57-61(51-20-10-13-23-55(51)65-57)59(49)42-17-7-4-8-18-42/h3-8,10-11,13-39H,9,12H2,1-2H3. The highest BCUT2D eigenvalue weighted by molar-refractivity contribution is 6.20. The molecule has 0 bridgehead atoms. The molecule has 9 aromatic carbocycles. The first kappa shape index (κ1) is 38.3. The molecular weight excluding hydrogens is 803 g/mol. The van der Waals surface area contributed by atoms with Crippen LogP contribution in [0.4, 0.5) is 17.1 Å². The number of fused-ring (bicyclic) bond motifs is 9. The average Bonchev–Trinajstić information content (AvgIpc) is 4.02. The van der Waals surface area contributed by atoms with Gasteiger partial charge in [-0.25, -0.2) is 0 Å². The van der Waals surface area contributed by atoms with Crippen molar-refractivity contribution in [3.05, 3.63) is 229 Å². The van der Waals surface area contributed by atoms with Gasteiger partial charge in [0.1, 0.15) is 22.3 Å². The lowest BCUT2D eigenvalue weighted by molar-refractivity contribution is 0.654. The van der Waals surface area contributed by atoms with Crippen LogP contribution in [0.5, 0.6) is 0 Å². The molecule has 0 saturated heterocycles. The van der Waals surface area contributed by atoms with Gasteiger partial charge in [-0.3, -0.25) is 0 Å². The van der Waals surface area contributed by atoms with Crippen LogP contribution in [-0.2, 0) is 5.41 Å². The Kier molecular flexibility index (Phi) is 8.69. The van der Waals surface area contributed by atoms with Crippen molar-refractivity contribution >= 4 is 66.5 Å². The van der Waals surface area contributed by atoms with Gasteiger partial charge in [0.25, 0.3) is 0 Å². The van der Waals surface area contributed by atoms with Crippen LogP contribution in [0, 0.1) is 0 Å². The number of anilines is 3. The maximum atomic E-state index is 6.61. The van der Waals surface area contributed by atoms with Crippen molar-refractivity contribution in [3.63, 3.8) is 0 Å². The van der Waals surface area contributed by atoms with Gasteiger partial charge in [0.05, 0.1) is 0 Å². The molecule has 0 radical (unpaired) electrons. The van der Waals surface area contributed by atoms with Crippen molar-refractivity contribution in [3.8, 4) is 44.5 Å². The Balaban J connectivity index is 1.02. The van der Waals surface area contributed by atoms with E-state index >= 15 is 0 Å². The number of nitrogens with zero attached hydrogens (tertiary/aromatic N) is 1. The van der Waals surface area contributed by atoms with Gasteiger partial charge in [-0.05, 0) is 141 Å². The van der Waals surface area contributed by atoms with Crippen molar-refractivity contribution in [2.45, 2.75) is 32.1 Å². The maximum absolute atomic E-state index is 6.61. The van der Waals surface area contributed by atoms with Crippen LogP contribution in [-0.4, -0.2) is 0 Å². The third-order valence-corrected chi connectivity index (χ3v) is 14.1. The summed E-state index contributed by atoms with van der Waals surface area (Å²) in [7, 11) is 0. The fourth-order valence-electron chi connectivity index (χ4n) is 11.0.